The van der Waals surface area contributed by atoms with E-state index in [9.17, 15) is 0 Å². The van der Waals surface area contributed by atoms with Crippen molar-refractivity contribution in [2.75, 3.05) is 12.8 Å². The summed E-state index contributed by atoms with van der Waals surface area (Å²) >= 11 is 0. The Kier molecular flexibility index (Phi) is 5.88. The summed E-state index contributed by atoms with van der Waals surface area (Å²) in [5, 5.41) is 0. The van der Waals surface area contributed by atoms with Crippen molar-refractivity contribution in [1.82, 2.24) is 0 Å². The van der Waals surface area contributed by atoms with Gasteiger partial charge in [-0.25, -0.2) is 0 Å². The van der Waals surface area contributed by atoms with Crippen LogP contribution in [0.25, 0.3) is 0 Å². The van der Waals surface area contributed by atoms with Gasteiger partial charge in [0.2, 0.25) is 0 Å². The Balaban J connectivity index is 2.30. The van der Waals surface area contributed by atoms with Gasteiger partial charge in [-0.2, -0.15) is 0 Å². The van der Waals surface area contributed by atoms with Gasteiger partial charge in [-0.3, -0.25) is 0 Å². The molecule has 17 heavy (non-hydrogen) atoms. The third kappa shape index (κ3) is 5.12. The van der Waals surface area contributed by atoms with E-state index in [1.165, 1.54) is 31.2 Å². The number of hydrogen-bond donors (Lipinski definition) is 1. The minimum Gasteiger partial charge on any atom is -0.495 e. The molecule has 2 heteroatoms. The first-order chi connectivity index (χ1) is 8.13. The molecule has 1 aromatic carbocycles. The first kappa shape index (κ1) is 13.9. The van der Waals surface area contributed by atoms with Crippen LogP contribution < -0.4 is 10.5 Å². The maximum absolute atomic E-state index is 5.88. The van der Waals surface area contributed by atoms with Gasteiger partial charge in [-0.1, -0.05) is 39.2 Å². The lowest BCUT2D eigenvalue weighted by Gasteiger charge is -2.07. The van der Waals surface area contributed by atoms with Crippen LogP contribution in [0.1, 0.15) is 45.1 Å². The van der Waals surface area contributed by atoms with Crippen molar-refractivity contribution >= 4 is 5.69 Å². The van der Waals surface area contributed by atoms with Gasteiger partial charge in [-0.15, -0.1) is 0 Å². The normalized spacial score (nSPS) is 10.8. The van der Waals surface area contributed by atoms with Crippen molar-refractivity contribution in [3.8, 4) is 5.75 Å². The van der Waals surface area contributed by atoms with Crippen LogP contribution in [0.3, 0.4) is 0 Å². The highest BCUT2D eigenvalue weighted by Crippen LogP contribution is 2.23. The van der Waals surface area contributed by atoms with Crippen molar-refractivity contribution in [3.63, 3.8) is 0 Å². The van der Waals surface area contributed by atoms with Gasteiger partial charge in [0.1, 0.15) is 5.75 Å². The van der Waals surface area contributed by atoms with Crippen molar-refractivity contribution in [3.05, 3.63) is 23.8 Å². The van der Waals surface area contributed by atoms with Crippen molar-refractivity contribution in [1.29, 1.82) is 0 Å². The number of rotatable bonds is 7. The third-order valence-corrected chi connectivity index (χ3v) is 3.04. The highest BCUT2D eigenvalue weighted by molar-refractivity contribution is 5.54. The van der Waals surface area contributed by atoms with E-state index < -0.39 is 0 Å². The highest BCUT2D eigenvalue weighted by atomic mass is 16.5. The van der Waals surface area contributed by atoms with E-state index in [0.29, 0.717) is 0 Å². The first-order valence-electron chi connectivity index (χ1n) is 6.56. The Morgan fingerprint density at radius 2 is 1.94 bits per heavy atom. The lowest BCUT2D eigenvalue weighted by molar-refractivity contribution is 0.417. The molecule has 96 valence electrons. The maximum Gasteiger partial charge on any atom is 0.141 e. The van der Waals surface area contributed by atoms with Crippen LogP contribution in [0, 0.1) is 5.92 Å². The van der Waals surface area contributed by atoms with Crippen LogP contribution in [0.2, 0.25) is 0 Å². The third-order valence-electron chi connectivity index (χ3n) is 3.04. The van der Waals surface area contributed by atoms with Crippen molar-refractivity contribution in [2.24, 2.45) is 5.92 Å². The second-order valence-corrected chi connectivity index (χ2v) is 5.07. The molecular formula is C15H25NO. The lowest BCUT2D eigenvalue weighted by atomic mass is 10.0. The minimum atomic E-state index is 0.743. The van der Waals surface area contributed by atoms with Crippen molar-refractivity contribution in [2.45, 2.75) is 46.0 Å². The number of nitrogen functional groups attached to an aromatic ring is 1. The molecule has 0 aromatic heterocycles. The summed E-state index contributed by atoms with van der Waals surface area (Å²) in [4.78, 5) is 0. The fraction of sp³-hybridized carbons (Fsp3) is 0.600. The molecule has 0 saturated carbocycles. The Labute approximate surface area is 105 Å². The Morgan fingerprint density at radius 1 is 1.18 bits per heavy atom. The van der Waals surface area contributed by atoms with Crippen LogP contribution >= 0.6 is 0 Å². The zero-order valence-electron chi connectivity index (χ0n) is 11.3. The van der Waals surface area contributed by atoms with Gasteiger partial charge in [-0.05, 0) is 36.5 Å². The maximum atomic E-state index is 5.88. The summed E-state index contributed by atoms with van der Waals surface area (Å²) < 4.78 is 5.14. The molecule has 2 nitrogen and oxygen atoms in total. The van der Waals surface area contributed by atoms with Crippen LogP contribution in [-0.4, -0.2) is 7.11 Å². The minimum absolute atomic E-state index is 0.743. The number of nitrogens with two attached hydrogens (primary N) is 1. The molecular weight excluding hydrogens is 210 g/mol. The van der Waals surface area contributed by atoms with Crippen LogP contribution in [-0.2, 0) is 6.42 Å². The molecule has 0 atom stereocenters. The summed E-state index contributed by atoms with van der Waals surface area (Å²) in [7, 11) is 1.65. The van der Waals surface area contributed by atoms with E-state index >= 15 is 0 Å². The number of hydrogen-bond acceptors (Lipinski definition) is 2. The van der Waals surface area contributed by atoms with Gasteiger partial charge in [0.05, 0.1) is 12.8 Å². The SMILES string of the molecule is COc1ccc(CCCCCC(C)C)cc1N. The van der Waals surface area contributed by atoms with Gasteiger partial charge < -0.3 is 10.5 Å². The van der Waals surface area contributed by atoms with Gasteiger partial charge in [0.15, 0.2) is 0 Å². The molecule has 0 bridgehead atoms. The highest BCUT2D eigenvalue weighted by Gasteiger charge is 2.01. The van der Waals surface area contributed by atoms with Gasteiger partial charge in [0.25, 0.3) is 0 Å². The van der Waals surface area contributed by atoms with Crippen molar-refractivity contribution < 1.29 is 4.74 Å². The number of aryl methyl sites for hydroxylation is 1. The van der Waals surface area contributed by atoms with E-state index in [-0.39, 0.29) is 0 Å². The first-order valence-corrected chi connectivity index (χ1v) is 6.56. The van der Waals surface area contributed by atoms with Gasteiger partial charge in [0, 0.05) is 0 Å². The van der Waals surface area contributed by atoms with E-state index in [4.69, 9.17) is 10.5 Å². The summed E-state index contributed by atoms with van der Waals surface area (Å²) in [6.45, 7) is 4.56. The molecule has 0 aliphatic heterocycles. The fourth-order valence-electron chi connectivity index (χ4n) is 2.00. The number of ether oxygens (including phenoxy) is 1. The molecule has 0 unspecified atom stereocenters. The molecule has 0 heterocycles. The number of unbranched alkanes of at least 4 members (excludes halogenated alkanes) is 2. The lowest BCUT2D eigenvalue weighted by Crippen LogP contribution is -1.95. The second kappa shape index (κ2) is 7.21. The number of methoxy groups -OCH3 is 1. The standard InChI is InChI=1S/C15H25NO/c1-12(2)7-5-4-6-8-13-9-10-15(17-3)14(16)11-13/h9-12H,4-8,16H2,1-3H3. The van der Waals surface area contributed by atoms with Gasteiger partial charge >= 0.3 is 0 Å². The molecule has 2 N–H and O–H groups in total. The zero-order valence-corrected chi connectivity index (χ0v) is 11.3. The Morgan fingerprint density at radius 3 is 2.53 bits per heavy atom. The molecule has 0 spiro atoms. The molecule has 0 aliphatic carbocycles. The topological polar surface area (TPSA) is 35.2 Å². The largest absolute Gasteiger partial charge is 0.495 e. The predicted octanol–water partition coefficient (Wildman–Crippen LogP) is 4.04. The summed E-state index contributed by atoms with van der Waals surface area (Å²) in [5.74, 6) is 1.60. The molecule has 1 aromatic rings. The molecule has 0 saturated heterocycles. The average molecular weight is 235 g/mol. The summed E-state index contributed by atoms with van der Waals surface area (Å²) in [6.07, 6.45) is 6.35. The molecule has 0 radical (unpaired) electrons. The monoisotopic (exact) mass is 235 g/mol. The summed E-state index contributed by atoms with van der Waals surface area (Å²) in [5.41, 5.74) is 7.93. The number of anilines is 1. The van der Waals surface area contributed by atoms with Crippen LogP contribution in [0.15, 0.2) is 18.2 Å². The van der Waals surface area contributed by atoms with E-state index in [2.05, 4.69) is 19.9 Å². The summed E-state index contributed by atoms with van der Waals surface area (Å²) in [6, 6.07) is 6.09. The molecule has 1 rings (SSSR count). The molecule has 0 amide bonds. The number of benzene rings is 1. The predicted molar refractivity (Wildman–Crippen MR) is 74.4 cm³/mol. The van der Waals surface area contributed by atoms with Crippen LogP contribution in [0.4, 0.5) is 5.69 Å². The zero-order chi connectivity index (χ0) is 12.7. The Hall–Kier alpha value is -1.18. The molecule has 0 aliphatic rings. The fourth-order valence-corrected chi connectivity index (χ4v) is 2.00. The van der Waals surface area contributed by atoms with E-state index in [0.717, 1.165) is 23.8 Å². The average Bonchev–Trinajstić information content (AvgIpc) is 2.28. The smallest absolute Gasteiger partial charge is 0.141 e. The van der Waals surface area contributed by atoms with E-state index in [1.807, 2.05) is 12.1 Å². The van der Waals surface area contributed by atoms with E-state index in [1.54, 1.807) is 7.11 Å². The quantitative estimate of drug-likeness (QED) is 0.572. The second-order valence-electron chi connectivity index (χ2n) is 5.07. The Bertz CT molecular complexity index is 334. The molecule has 0 fully saturated rings. The van der Waals surface area contributed by atoms with Crippen LogP contribution in [0.5, 0.6) is 5.75 Å².